The molecule has 4 rings (SSSR count). The predicted molar refractivity (Wildman–Crippen MR) is 128 cm³/mol. The van der Waals surface area contributed by atoms with E-state index in [0.717, 1.165) is 17.9 Å². The highest BCUT2D eigenvalue weighted by Crippen LogP contribution is 2.21. The molecule has 0 radical (unpaired) electrons. The molecule has 0 atom stereocenters. The maximum atomic E-state index is 5.69. The average molecular weight is 395 g/mol. The Morgan fingerprint density at radius 3 is 0.967 bits per heavy atom. The molecule has 152 valence electrons. The second kappa shape index (κ2) is 10.5. The molecule has 0 N–H and O–H groups in total. The topological polar surface area (TPSA) is 9.23 Å². The fourth-order valence-corrected chi connectivity index (χ4v) is 3.00. The van der Waals surface area contributed by atoms with Gasteiger partial charge in [-0.3, -0.25) is 0 Å². The summed E-state index contributed by atoms with van der Waals surface area (Å²) in [5.41, 5.74) is 7.89. The van der Waals surface area contributed by atoms with Crippen molar-refractivity contribution in [3.05, 3.63) is 130 Å². The molecule has 0 aliphatic carbocycles. The third-order valence-corrected chi connectivity index (χ3v) is 4.93. The molecule has 0 fully saturated rings. The van der Waals surface area contributed by atoms with E-state index in [-0.39, 0.29) is 0 Å². The lowest BCUT2D eigenvalue weighted by Gasteiger charge is -2.05. The van der Waals surface area contributed by atoms with Crippen LogP contribution in [0.1, 0.15) is 33.4 Å². The lowest BCUT2D eigenvalue weighted by molar-refractivity contribution is 0.482. The summed E-state index contributed by atoms with van der Waals surface area (Å²) in [6.45, 7) is 8.37. The summed E-state index contributed by atoms with van der Waals surface area (Å²) in [5.74, 6) is 1.76. The van der Waals surface area contributed by atoms with Gasteiger partial charge in [-0.1, -0.05) is 95.1 Å². The Labute approximate surface area is 181 Å². The summed E-state index contributed by atoms with van der Waals surface area (Å²) in [4.78, 5) is 0. The molecule has 4 aromatic carbocycles. The van der Waals surface area contributed by atoms with Gasteiger partial charge in [0, 0.05) is 0 Å². The third-order valence-electron chi connectivity index (χ3n) is 4.93. The molecule has 0 aromatic heterocycles. The molecule has 0 amide bonds. The van der Waals surface area contributed by atoms with E-state index in [9.17, 15) is 0 Å². The Morgan fingerprint density at radius 1 is 0.400 bits per heavy atom. The first-order valence-corrected chi connectivity index (χ1v) is 10.4. The highest BCUT2D eigenvalue weighted by Gasteiger charge is 1.96. The summed E-state index contributed by atoms with van der Waals surface area (Å²) in [6, 6.07) is 33.6. The fraction of sp³-hybridized carbons (Fsp3) is 0.172. The van der Waals surface area contributed by atoms with Crippen LogP contribution in [0.3, 0.4) is 0 Å². The molecule has 0 bridgehead atoms. The SMILES string of the molecule is Cc1ccc(Cc2ccc(C)cc2)cc1.Cc1ccc(Oc2ccc(C)cc2)cc1. The van der Waals surface area contributed by atoms with E-state index in [0.29, 0.717) is 0 Å². The first kappa shape index (κ1) is 21.4. The molecule has 0 saturated heterocycles. The zero-order chi connectivity index (χ0) is 21.3. The van der Waals surface area contributed by atoms with Crippen molar-refractivity contribution in [1.82, 2.24) is 0 Å². The Morgan fingerprint density at radius 2 is 0.667 bits per heavy atom. The van der Waals surface area contributed by atoms with Gasteiger partial charge in [0.15, 0.2) is 0 Å². The van der Waals surface area contributed by atoms with E-state index >= 15 is 0 Å². The van der Waals surface area contributed by atoms with E-state index in [4.69, 9.17) is 4.74 Å². The van der Waals surface area contributed by atoms with Crippen LogP contribution in [0, 0.1) is 27.7 Å². The van der Waals surface area contributed by atoms with Crippen LogP contribution in [-0.4, -0.2) is 0 Å². The quantitative estimate of drug-likeness (QED) is 0.341. The molecule has 0 aliphatic rings. The summed E-state index contributed by atoms with van der Waals surface area (Å²) < 4.78 is 5.69. The van der Waals surface area contributed by atoms with Gasteiger partial charge in [0.05, 0.1) is 0 Å². The second-order valence-electron chi connectivity index (χ2n) is 7.88. The van der Waals surface area contributed by atoms with Crippen LogP contribution in [0.25, 0.3) is 0 Å². The van der Waals surface area contributed by atoms with Crippen molar-refractivity contribution in [3.8, 4) is 11.5 Å². The largest absolute Gasteiger partial charge is 0.457 e. The summed E-state index contributed by atoms with van der Waals surface area (Å²) in [6.07, 6.45) is 1.03. The van der Waals surface area contributed by atoms with Gasteiger partial charge >= 0.3 is 0 Å². The number of rotatable bonds is 4. The lowest BCUT2D eigenvalue weighted by Crippen LogP contribution is -1.88. The van der Waals surface area contributed by atoms with Crippen molar-refractivity contribution in [2.45, 2.75) is 34.1 Å². The molecule has 0 unspecified atom stereocenters. The molecule has 4 aromatic rings. The molecule has 1 nitrogen and oxygen atoms in total. The molecular weight excluding hydrogens is 364 g/mol. The van der Waals surface area contributed by atoms with Gasteiger partial charge in [0.2, 0.25) is 0 Å². The molecule has 0 spiro atoms. The fourth-order valence-electron chi connectivity index (χ4n) is 3.00. The highest BCUT2D eigenvalue weighted by molar-refractivity contribution is 5.34. The maximum Gasteiger partial charge on any atom is 0.127 e. The number of benzene rings is 4. The van der Waals surface area contributed by atoms with Crippen LogP contribution in [0.4, 0.5) is 0 Å². The van der Waals surface area contributed by atoms with Gasteiger partial charge in [0.25, 0.3) is 0 Å². The molecule has 0 aliphatic heterocycles. The third kappa shape index (κ3) is 6.93. The standard InChI is InChI=1S/C15H16.C14H14O/c1-12-3-7-14(8-4-12)11-15-9-5-13(2)6-10-15;1-11-3-7-13(8-4-11)15-14-9-5-12(2)6-10-14/h3-10H,11H2,1-2H3;3-10H,1-2H3. The highest BCUT2D eigenvalue weighted by atomic mass is 16.5. The number of hydrogen-bond acceptors (Lipinski definition) is 1. The lowest BCUT2D eigenvalue weighted by atomic mass is 10.0. The van der Waals surface area contributed by atoms with E-state index < -0.39 is 0 Å². The van der Waals surface area contributed by atoms with Crippen LogP contribution >= 0.6 is 0 Å². The van der Waals surface area contributed by atoms with Gasteiger partial charge < -0.3 is 4.74 Å². The molecule has 30 heavy (non-hydrogen) atoms. The summed E-state index contributed by atoms with van der Waals surface area (Å²) >= 11 is 0. The Balaban J connectivity index is 0.000000171. The van der Waals surface area contributed by atoms with Gasteiger partial charge in [-0.15, -0.1) is 0 Å². The van der Waals surface area contributed by atoms with Gasteiger partial charge in [0.1, 0.15) is 11.5 Å². The van der Waals surface area contributed by atoms with Crippen LogP contribution in [0.5, 0.6) is 11.5 Å². The van der Waals surface area contributed by atoms with Gasteiger partial charge in [-0.05, 0) is 69.5 Å². The van der Waals surface area contributed by atoms with Crippen LogP contribution in [0.15, 0.2) is 97.1 Å². The predicted octanol–water partition coefficient (Wildman–Crippen LogP) is 7.99. The van der Waals surface area contributed by atoms with Crippen molar-refractivity contribution in [3.63, 3.8) is 0 Å². The average Bonchev–Trinajstić information content (AvgIpc) is 2.75. The summed E-state index contributed by atoms with van der Waals surface area (Å²) in [7, 11) is 0. The number of ether oxygens (including phenoxy) is 1. The van der Waals surface area contributed by atoms with Crippen molar-refractivity contribution in [2.75, 3.05) is 0 Å². The first-order valence-electron chi connectivity index (χ1n) is 10.4. The van der Waals surface area contributed by atoms with Crippen LogP contribution < -0.4 is 4.74 Å². The smallest absolute Gasteiger partial charge is 0.127 e. The van der Waals surface area contributed by atoms with Crippen molar-refractivity contribution in [1.29, 1.82) is 0 Å². The Kier molecular flexibility index (Phi) is 7.45. The Bertz CT molecular complexity index is 850. The zero-order valence-electron chi connectivity index (χ0n) is 18.4. The van der Waals surface area contributed by atoms with Crippen molar-refractivity contribution < 1.29 is 4.74 Å². The van der Waals surface area contributed by atoms with E-state index in [2.05, 4.69) is 76.2 Å². The van der Waals surface area contributed by atoms with Gasteiger partial charge in [-0.25, -0.2) is 0 Å². The van der Waals surface area contributed by atoms with E-state index in [1.165, 1.54) is 33.4 Å². The van der Waals surface area contributed by atoms with Crippen molar-refractivity contribution in [2.24, 2.45) is 0 Å². The minimum Gasteiger partial charge on any atom is -0.457 e. The van der Waals surface area contributed by atoms with E-state index in [1.54, 1.807) is 0 Å². The number of aryl methyl sites for hydroxylation is 4. The van der Waals surface area contributed by atoms with E-state index in [1.807, 2.05) is 48.5 Å². The molecule has 1 heteroatoms. The normalized spacial score (nSPS) is 10.1. The molecular formula is C29H30O. The summed E-state index contributed by atoms with van der Waals surface area (Å²) in [5, 5.41) is 0. The minimum atomic E-state index is 0.879. The first-order chi connectivity index (χ1) is 14.5. The van der Waals surface area contributed by atoms with Crippen LogP contribution in [0.2, 0.25) is 0 Å². The Hall–Kier alpha value is -3.32. The van der Waals surface area contributed by atoms with Crippen molar-refractivity contribution >= 4 is 0 Å². The monoisotopic (exact) mass is 394 g/mol. The zero-order valence-corrected chi connectivity index (χ0v) is 18.4. The maximum absolute atomic E-state index is 5.69. The second-order valence-corrected chi connectivity index (χ2v) is 7.88. The number of hydrogen-bond donors (Lipinski definition) is 0. The molecule has 0 saturated carbocycles. The van der Waals surface area contributed by atoms with Gasteiger partial charge in [-0.2, -0.15) is 0 Å². The van der Waals surface area contributed by atoms with Crippen LogP contribution in [-0.2, 0) is 6.42 Å². The minimum absolute atomic E-state index is 0.879. The molecule has 0 heterocycles.